The van der Waals surface area contributed by atoms with Gasteiger partial charge in [0, 0.05) is 27.2 Å². The molecule has 2 heterocycles. The van der Waals surface area contributed by atoms with E-state index < -0.39 is 0 Å². The lowest BCUT2D eigenvalue weighted by Crippen LogP contribution is -2.31. The smallest absolute Gasteiger partial charge is 0.0624 e. The van der Waals surface area contributed by atoms with Crippen LogP contribution < -0.4 is 4.90 Å². The average Bonchev–Trinajstić information content (AvgIpc) is 4.06. The fourth-order valence-corrected chi connectivity index (χ4v) is 11.2. The molecule has 0 fully saturated rings. The fraction of sp³-hybridized carbons (Fsp3) is 0.0606. The van der Waals surface area contributed by atoms with Crippen LogP contribution in [0.2, 0.25) is 0 Å². The Bertz CT molecular complexity index is 3610. The molecule has 0 saturated carbocycles. The van der Waals surface area contributed by atoms with E-state index in [0.717, 1.165) is 30.7 Å². The summed E-state index contributed by atoms with van der Waals surface area (Å²) in [6.45, 7) is 0. The first-order valence-electron chi connectivity index (χ1n) is 24.0. The number of nitrogens with zero attached hydrogens (tertiary/aromatic N) is 2. The van der Waals surface area contributed by atoms with Crippen LogP contribution in [0.1, 0.15) is 24.8 Å². The zero-order chi connectivity index (χ0) is 45.0. The highest BCUT2D eigenvalue weighted by molar-refractivity contribution is 6.22. The van der Waals surface area contributed by atoms with Crippen molar-refractivity contribution in [1.29, 1.82) is 0 Å². The van der Waals surface area contributed by atoms with E-state index in [4.69, 9.17) is 0 Å². The minimum absolute atomic E-state index is 0.104. The van der Waals surface area contributed by atoms with Crippen LogP contribution in [0.15, 0.2) is 254 Å². The van der Waals surface area contributed by atoms with Crippen LogP contribution in [0, 0.1) is 0 Å². The lowest BCUT2D eigenvalue weighted by atomic mass is 9.89. The normalized spacial score (nSPS) is 14.8. The minimum atomic E-state index is 0.104. The van der Waals surface area contributed by atoms with E-state index in [0.29, 0.717) is 0 Å². The molecule has 0 saturated heterocycles. The number of allylic oxidation sites excluding steroid dienone is 2. The Labute approximate surface area is 397 Å². The van der Waals surface area contributed by atoms with Crippen molar-refractivity contribution in [3.05, 3.63) is 260 Å². The van der Waals surface area contributed by atoms with E-state index in [9.17, 15) is 0 Å². The summed E-state index contributed by atoms with van der Waals surface area (Å²) in [5.41, 5.74) is 15.7. The van der Waals surface area contributed by atoms with Gasteiger partial charge in [-0.3, -0.25) is 0 Å². The third-order valence-electron chi connectivity index (χ3n) is 14.3. The maximum absolute atomic E-state index is 2.72. The SMILES string of the molecule is C1=CC(C2CC=C(c3ccccc3)N2c2c3cc(-c4cccc5ccccc45)ccc3c(-n3c(-c4ccccc4)ccc3-c3ccccc3)c3ccc(-c4cccc5ccccc45)cc23)=CCC1. The zero-order valence-corrected chi connectivity index (χ0v) is 37.8. The third kappa shape index (κ3) is 6.71. The summed E-state index contributed by atoms with van der Waals surface area (Å²) in [5, 5.41) is 9.81. The van der Waals surface area contributed by atoms with Crippen molar-refractivity contribution in [2.45, 2.75) is 25.3 Å². The van der Waals surface area contributed by atoms with Crippen LogP contribution in [-0.2, 0) is 0 Å². The molecule has 2 aliphatic rings. The van der Waals surface area contributed by atoms with Crippen molar-refractivity contribution in [1.82, 2.24) is 4.57 Å². The van der Waals surface area contributed by atoms with Gasteiger partial charge in [0.1, 0.15) is 0 Å². The maximum atomic E-state index is 2.72. The molecule has 1 aliphatic heterocycles. The average molecular weight is 869 g/mol. The van der Waals surface area contributed by atoms with Crippen molar-refractivity contribution in [2.24, 2.45) is 0 Å². The zero-order valence-electron chi connectivity index (χ0n) is 37.8. The molecule has 2 heteroatoms. The molecule has 68 heavy (non-hydrogen) atoms. The highest BCUT2D eigenvalue weighted by Gasteiger charge is 2.34. The number of rotatable bonds is 8. The summed E-state index contributed by atoms with van der Waals surface area (Å²) in [6, 6.07) is 83.2. The Morgan fingerprint density at radius 2 is 0.853 bits per heavy atom. The molecule has 10 aromatic carbocycles. The summed E-state index contributed by atoms with van der Waals surface area (Å²) >= 11 is 0. The third-order valence-corrected chi connectivity index (χ3v) is 14.3. The molecule has 0 bridgehead atoms. The van der Waals surface area contributed by atoms with Gasteiger partial charge in [0.25, 0.3) is 0 Å². The fourth-order valence-electron chi connectivity index (χ4n) is 11.2. The van der Waals surface area contributed by atoms with Crippen molar-refractivity contribution >= 4 is 54.5 Å². The molecule has 0 amide bonds. The maximum Gasteiger partial charge on any atom is 0.0624 e. The summed E-state index contributed by atoms with van der Waals surface area (Å²) in [5.74, 6) is 0. The first-order chi connectivity index (χ1) is 33.8. The number of aromatic nitrogens is 1. The van der Waals surface area contributed by atoms with Gasteiger partial charge in [-0.2, -0.15) is 0 Å². The van der Waals surface area contributed by atoms with E-state index >= 15 is 0 Å². The van der Waals surface area contributed by atoms with Gasteiger partial charge in [0.15, 0.2) is 0 Å². The number of fused-ring (bicyclic) bond motifs is 4. The molecule has 13 rings (SSSR count). The Hall–Kier alpha value is -8.46. The summed E-state index contributed by atoms with van der Waals surface area (Å²) in [6.07, 6.45) is 12.8. The van der Waals surface area contributed by atoms with E-state index in [1.807, 2.05) is 0 Å². The Balaban J connectivity index is 1.22. The topological polar surface area (TPSA) is 8.17 Å². The van der Waals surface area contributed by atoms with Gasteiger partial charge < -0.3 is 9.47 Å². The van der Waals surface area contributed by atoms with Gasteiger partial charge in [0.05, 0.1) is 28.8 Å². The monoisotopic (exact) mass is 868 g/mol. The van der Waals surface area contributed by atoms with Gasteiger partial charge in [-0.15, -0.1) is 0 Å². The molecule has 0 radical (unpaired) electrons. The first kappa shape index (κ1) is 39.9. The standard InChI is InChI=1S/C66H48N2/c1-5-21-47(22-6-1)61-39-40-62(48-23-7-2-8-24-48)67(61)65-57-37-35-51(55-33-17-29-45-19-13-15-31-53(45)55)43-59(57)66(60-44-52(36-38-58(60)65)56-34-18-30-46-20-14-16-32-54(46)56)68-63(49-25-9-3-10-26-49)41-42-64(68)50-27-11-4-12-28-50/h1-3,5-11,13-41,43-44,64H,4,12,42H2. The second-order valence-corrected chi connectivity index (χ2v) is 18.2. The summed E-state index contributed by atoms with van der Waals surface area (Å²) in [7, 11) is 0. The van der Waals surface area contributed by atoms with Crippen molar-refractivity contribution in [2.75, 3.05) is 4.90 Å². The second-order valence-electron chi connectivity index (χ2n) is 18.2. The van der Waals surface area contributed by atoms with Gasteiger partial charge in [-0.25, -0.2) is 0 Å². The molecule has 0 N–H and O–H groups in total. The Kier molecular flexibility index (Phi) is 9.83. The van der Waals surface area contributed by atoms with Gasteiger partial charge in [-0.05, 0) is 110 Å². The molecule has 1 aromatic heterocycles. The summed E-state index contributed by atoms with van der Waals surface area (Å²) < 4.78 is 2.55. The predicted octanol–water partition coefficient (Wildman–Crippen LogP) is 17.7. The second kappa shape index (κ2) is 16.8. The van der Waals surface area contributed by atoms with E-state index in [2.05, 4.69) is 258 Å². The number of hydrogen-bond donors (Lipinski definition) is 0. The highest BCUT2D eigenvalue weighted by Crippen LogP contribution is 2.51. The van der Waals surface area contributed by atoms with E-state index in [1.54, 1.807) is 0 Å². The Morgan fingerprint density at radius 1 is 0.353 bits per heavy atom. The number of anilines is 1. The van der Waals surface area contributed by atoms with Crippen LogP contribution >= 0.6 is 0 Å². The minimum Gasteiger partial charge on any atom is -0.332 e. The van der Waals surface area contributed by atoms with Crippen molar-refractivity contribution < 1.29 is 0 Å². The number of hydrogen-bond acceptors (Lipinski definition) is 1. The molecule has 322 valence electrons. The molecular weight excluding hydrogens is 821 g/mol. The molecule has 11 aromatic rings. The van der Waals surface area contributed by atoms with Crippen LogP contribution in [0.4, 0.5) is 5.69 Å². The predicted molar refractivity (Wildman–Crippen MR) is 289 cm³/mol. The molecule has 1 unspecified atom stereocenters. The van der Waals surface area contributed by atoms with Crippen LogP contribution in [-0.4, -0.2) is 10.6 Å². The van der Waals surface area contributed by atoms with Crippen LogP contribution in [0.5, 0.6) is 0 Å². The lowest BCUT2D eigenvalue weighted by Gasteiger charge is -2.35. The Morgan fingerprint density at radius 3 is 1.38 bits per heavy atom. The highest BCUT2D eigenvalue weighted by atomic mass is 15.2. The molecule has 0 spiro atoms. The molecule has 1 aliphatic carbocycles. The quantitative estimate of drug-likeness (QED) is 0.138. The van der Waals surface area contributed by atoms with E-state index in [-0.39, 0.29) is 6.04 Å². The largest absolute Gasteiger partial charge is 0.332 e. The van der Waals surface area contributed by atoms with E-state index in [1.165, 1.54) is 105 Å². The number of benzene rings is 10. The van der Waals surface area contributed by atoms with Crippen LogP contribution in [0.25, 0.3) is 99.2 Å². The lowest BCUT2D eigenvalue weighted by molar-refractivity contribution is 0.796. The van der Waals surface area contributed by atoms with Crippen molar-refractivity contribution in [3.8, 4) is 50.5 Å². The van der Waals surface area contributed by atoms with Gasteiger partial charge >= 0.3 is 0 Å². The molecular formula is C66H48N2. The summed E-state index contributed by atoms with van der Waals surface area (Å²) in [4.78, 5) is 2.72. The molecule has 2 nitrogen and oxygen atoms in total. The van der Waals surface area contributed by atoms with Gasteiger partial charge in [0.2, 0.25) is 0 Å². The van der Waals surface area contributed by atoms with Crippen LogP contribution in [0.3, 0.4) is 0 Å². The first-order valence-corrected chi connectivity index (χ1v) is 24.0. The molecule has 1 atom stereocenters. The van der Waals surface area contributed by atoms with Gasteiger partial charge in [-0.1, -0.05) is 224 Å². The van der Waals surface area contributed by atoms with Crippen molar-refractivity contribution in [3.63, 3.8) is 0 Å².